The minimum absolute atomic E-state index is 0.349. The van der Waals surface area contributed by atoms with Crippen LogP contribution in [0.25, 0.3) is 0 Å². The summed E-state index contributed by atoms with van der Waals surface area (Å²) in [7, 11) is 1.80. The number of ether oxygens (including phenoxy) is 1. The Labute approximate surface area is 151 Å². The van der Waals surface area contributed by atoms with E-state index in [2.05, 4.69) is 10.3 Å². The molecule has 0 aliphatic heterocycles. The summed E-state index contributed by atoms with van der Waals surface area (Å²) >= 11 is 0. The molecule has 0 spiro atoms. The van der Waals surface area contributed by atoms with Gasteiger partial charge in [0.1, 0.15) is 23.4 Å². The Balaban J connectivity index is 1.83. The smallest absolute Gasteiger partial charge is 0.261 e. The number of nitrogens with zero attached hydrogens (tertiary/aromatic N) is 2. The fourth-order valence-corrected chi connectivity index (χ4v) is 2.66. The van der Waals surface area contributed by atoms with Crippen LogP contribution in [0, 0.1) is 5.82 Å². The number of rotatable bonds is 6. The molecule has 2 aromatic carbocycles. The molecule has 0 bridgehead atoms. The van der Waals surface area contributed by atoms with Crippen molar-refractivity contribution in [3.8, 4) is 5.75 Å². The molecule has 6 heteroatoms. The van der Waals surface area contributed by atoms with Crippen molar-refractivity contribution >= 4 is 5.91 Å². The molecule has 0 aliphatic rings. The second-order valence-electron chi connectivity index (χ2n) is 5.93. The van der Waals surface area contributed by atoms with Crippen LogP contribution in [0.1, 0.15) is 24.4 Å². The Morgan fingerprint density at radius 1 is 1.15 bits per heavy atom. The van der Waals surface area contributed by atoms with Crippen LogP contribution in [-0.2, 0) is 11.8 Å². The molecule has 0 saturated heterocycles. The van der Waals surface area contributed by atoms with Crippen molar-refractivity contribution in [3.63, 3.8) is 0 Å². The van der Waals surface area contributed by atoms with Gasteiger partial charge >= 0.3 is 0 Å². The molecule has 134 valence electrons. The number of aryl methyl sites for hydroxylation is 1. The van der Waals surface area contributed by atoms with E-state index in [-0.39, 0.29) is 5.91 Å². The molecule has 3 aromatic rings. The molecule has 0 aliphatic carbocycles. The number of para-hydroxylation sites is 1. The first-order chi connectivity index (χ1) is 12.6. The summed E-state index contributed by atoms with van der Waals surface area (Å²) in [5.74, 6) is 0.368. The normalized spacial score (nSPS) is 13.0. The zero-order chi connectivity index (χ0) is 18.5. The number of carbonyl (C=O) groups is 1. The van der Waals surface area contributed by atoms with E-state index in [0.29, 0.717) is 17.1 Å². The first kappa shape index (κ1) is 17.7. The molecule has 0 unspecified atom stereocenters. The van der Waals surface area contributed by atoms with E-state index in [1.54, 1.807) is 61.3 Å². The highest BCUT2D eigenvalue weighted by Gasteiger charge is 2.26. The van der Waals surface area contributed by atoms with Crippen LogP contribution in [0.2, 0.25) is 0 Å². The molecular weight excluding hydrogens is 333 g/mol. The molecular formula is C20H20FN3O2. The summed E-state index contributed by atoms with van der Waals surface area (Å²) in [6, 6.07) is 14.7. The van der Waals surface area contributed by atoms with Gasteiger partial charge in [-0.15, -0.1) is 0 Å². The summed E-state index contributed by atoms with van der Waals surface area (Å²) in [5.41, 5.74) is 0.349. The van der Waals surface area contributed by atoms with Crippen LogP contribution < -0.4 is 10.1 Å². The van der Waals surface area contributed by atoms with Crippen LogP contribution in [0.4, 0.5) is 4.39 Å². The Kier molecular flexibility index (Phi) is 5.31. The van der Waals surface area contributed by atoms with Crippen LogP contribution in [0.15, 0.2) is 67.0 Å². The Morgan fingerprint density at radius 2 is 1.85 bits per heavy atom. The Hall–Kier alpha value is -3.15. The number of benzene rings is 2. The molecule has 1 N–H and O–H groups in total. The van der Waals surface area contributed by atoms with Gasteiger partial charge in [-0.25, -0.2) is 9.37 Å². The molecule has 26 heavy (non-hydrogen) atoms. The van der Waals surface area contributed by atoms with Gasteiger partial charge in [-0.3, -0.25) is 4.79 Å². The number of aromatic nitrogens is 2. The van der Waals surface area contributed by atoms with E-state index in [1.807, 2.05) is 18.2 Å². The van der Waals surface area contributed by atoms with E-state index in [1.165, 1.54) is 6.07 Å². The van der Waals surface area contributed by atoms with E-state index in [4.69, 9.17) is 4.74 Å². The van der Waals surface area contributed by atoms with Gasteiger partial charge in [0.05, 0.1) is 0 Å². The summed E-state index contributed by atoms with van der Waals surface area (Å²) in [6.07, 6.45) is 2.62. The summed E-state index contributed by atoms with van der Waals surface area (Å²) in [5, 5.41) is 2.85. The van der Waals surface area contributed by atoms with Gasteiger partial charge in [0.2, 0.25) is 0 Å². The number of halogens is 1. The van der Waals surface area contributed by atoms with Crippen molar-refractivity contribution in [3.05, 3.63) is 84.2 Å². The van der Waals surface area contributed by atoms with Crippen LogP contribution >= 0.6 is 0 Å². The molecule has 1 aromatic heterocycles. The Morgan fingerprint density at radius 3 is 2.50 bits per heavy atom. The van der Waals surface area contributed by atoms with Gasteiger partial charge in [0, 0.05) is 25.0 Å². The van der Waals surface area contributed by atoms with Gasteiger partial charge in [0.25, 0.3) is 5.91 Å². The monoisotopic (exact) mass is 353 g/mol. The van der Waals surface area contributed by atoms with E-state index >= 15 is 0 Å². The standard InChI is InChI=1S/C20H20FN3O2/c1-14(26-15-8-4-3-5-9-15)20(25)23-18(19-22-12-13-24(19)2)16-10-6-7-11-17(16)21/h3-14,18H,1-2H3,(H,23,25)/t14-,18-/m1/s1. The Bertz CT molecular complexity index is 880. The minimum Gasteiger partial charge on any atom is -0.481 e. The quantitative estimate of drug-likeness (QED) is 0.740. The van der Waals surface area contributed by atoms with Crippen molar-refractivity contribution in [2.45, 2.75) is 19.1 Å². The number of carbonyl (C=O) groups excluding carboxylic acids is 1. The lowest BCUT2D eigenvalue weighted by atomic mass is 10.0. The highest BCUT2D eigenvalue weighted by atomic mass is 19.1. The summed E-state index contributed by atoms with van der Waals surface area (Å²) < 4.78 is 21.7. The first-order valence-corrected chi connectivity index (χ1v) is 8.30. The number of hydrogen-bond acceptors (Lipinski definition) is 3. The maximum Gasteiger partial charge on any atom is 0.261 e. The van der Waals surface area contributed by atoms with Gasteiger partial charge in [-0.05, 0) is 25.1 Å². The molecule has 5 nitrogen and oxygen atoms in total. The highest BCUT2D eigenvalue weighted by molar-refractivity contribution is 5.81. The first-order valence-electron chi connectivity index (χ1n) is 8.30. The molecule has 1 amide bonds. The van der Waals surface area contributed by atoms with Crippen molar-refractivity contribution in [1.82, 2.24) is 14.9 Å². The van der Waals surface area contributed by atoms with Crippen LogP contribution in [-0.4, -0.2) is 21.6 Å². The second kappa shape index (κ2) is 7.82. The number of hydrogen-bond donors (Lipinski definition) is 1. The molecule has 2 atom stereocenters. The van der Waals surface area contributed by atoms with Crippen molar-refractivity contribution in [1.29, 1.82) is 0 Å². The fourth-order valence-electron chi connectivity index (χ4n) is 2.66. The molecule has 0 saturated carbocycles. The highest BCUT2D eigenvalue weighted by Crippen LogP contribution is 2.23. The third kappa shape index (κ3) is 3.91. The van der Waals surface area contributed by atoms with E-state index < -0.39 is 18.0 Å². The van der Waals surface area contributed by atoms with Crippen molar-refractivity contribution in [2.24, 2.45) is 7.05 Å². The summed E-state index contributed by atoms with van der Waals surface area (Å²) in [4.78, 5) is 16.9. The lowest BCUT2D eigenvalue weighted by molar-refractivity contribution is -0.127. The maximum absolute atomic E-state index is 14.3. The van der Waals surface area contributed by atoms with Gasteiger partial charge in [0.15, 0.2) is 6.10 Å². The zero-order valence-electron chi connectivity index (χ0n) is 14.6. The summed E-state index contributed by atoms with van der Waals surface area (Å²) in [6.45, 7) is 1.65. The average molecular weight is 353 g/mol. The lowest BCUT2D eigenvalue weighted by Crippen LogP contribution is -2.40. The number of nitrogens with one attached hydrogen (secondary N) is 1. The molecule has 3 rings (SSSR count). The molecule has 0 radical (unpaired) electrons. The van der Waals surface area contributed by atoms with Gasteiger partial charge in [-0.2, -0.15) is 0 Å². The van der Waals surface area contributed by atoms with E-state index in [9.17, 15) is 9.18 Å². The molecule has 0 fully saturated rings. The predicted molar refractivity (Wildman–Crippen MR) is 96.1 cm³/mol. The third-order valence-corrected chi connectivity index (χ3v) is 4.04. The topological polar surface area (TPSA) is 56.1 Å². The SMILES string of the molecule is C[C@@H](Oc1ccccc1)C(=O)N[C@H](c1ccccc1F)c1nccn1C. The minimum atomic E-state index is -0.744. The zero-order valence-corrected chi connectivity index (χ0v) is 14.6. The fraction of sp³-hybridized carbons (Fsp3) is 0.200. The van der Waals surface area contributed by atoms with Crippen molar-refractivity contribution < 1.29 is 13.9 Å². The largest absolute Gasteiger partial charge is 0.481 e. The maximum atomic E-state index is 14.3. The number of imidazole rings is 1. The van der Waals surface area contributed by atoms with Crippen LogP contribution in [0.5, 0.6) is 5.75 Å². The average Bonchev–Trinajstić information content (AvgIpc) is 3.07. The lowest BCUT2D eigenvalue weighted by Gasteiger charge is -2.22. The molecule has 1 heterocycles. The van der Waals surface area contributed by atoms with E-state index in [0.717, 1.165) is 0 Å². The van der Waals surface area contributed by atoms with Gasteiger partial charge < -0.3 is 14.6 Å². The predicted octanol–water partition coefficient (Wildman–Crippen LogP) is 3.23. The van der Waals surface area contributed by atoms with Crippen LogP contribution in [0.3, 0.4) is 0 Å². The van der Waals surface area contributed by atoms with Crippen molar-refractivity contribution in [2.75, 3.05) is 0 Å². The second-order valence-corrected chi connectivity index (χ2v) is 5.93. The van der Waals surface area contributed by atoms with Gasteiger partial charge in [-0.1, -0.05) is 36.4 Å². The third-order valence-electron chi connectivity index (χ3n) is 4.04. The number of amides is 1.